The number of nitrogens with zero attached hydrogens (tertiary/aromatic N) is 2. The Hall–Kier alpha value is -3.03. The van der Waals surface area contributed by atoms with Crippen LogP contribution < -0.4 is 15.5 Å². The summed E-state index contributed by atoms with van der Waals surface area (Å²) in [7, 11) is 0. The molecule has 28 heavy (non-hydrogen) atoms. The lowest BCUT2D eigenvalue weighted by Gasteiger charge is -2.30. The van der Waals surface area contributed by atoms with E-state index in [0.717, 1.165) is 43.8 Å². The van der Waals surface area contributed by atoms with Crippen molar-refractivity contribution in [1.82, 2.24) is 10.3 Å². The van der Waals surface area contributed by atoms with E-state index < -0.39 is 17.5 Å². The van der Waals surface area contributed by atoms with Gasteiger partial charge in [0.25, 0.3) is 5.91 Å². The van der Waals surface area contributed by atoms with E-state index in [2.05, 4.69) is 20.5 Å². The van der Waals surface area contributed by atoms with Gasteiger partial charge in [-0.2, -0.15) is 0 Å². The number of carbonyl (C=O) groups excluding carboxylic acids is 2. The van der Waals surface area contributed by atoms with Crippen molar-refractivity contribution in [3.05, 3.63) is 53.9 Å². The number of halogens is 2. The fourth-order valence-corrected chi connectivity index (χ4v) is 3.17. The highest BCUT2D eigenvalue weighted by Gasteiger charge is 2.16. The molecule has 1 aliphatic rings. The van der Waals surface area contributed by atoms with Gasteiger partial charge in [-0.15, -0.1) is 0 Å². The highest BCUT2D eigenvalue weighted by molar-refractivity contribution is 5.96. The Labute approximate surface area is 162 Å². The summed E-state index contributed by atoms with van der Waals surface area (Å²) in [6.07, 6.45) is 6.75. The van der Waals surface area contributed by atoms with Gasteiger partial charge in [-0.05, 0) is 37.5 Å². The third kappa shape index (κ3) is 5.03. The van der Waals surface area contributed by atoms with Crippen LogP contribution in [-0.2, 0) is 4.79 Å². The van der Waals surface area contributed by atoms with E-state index in [1.165, 1.54) is 6.42 Å². The maximum Gasteiger partial charge on any atom is 0.254 e. The Kier molecular flexibility index (Phi) is 6.52. The lowest BCUT2D eigenvalue weighted by Crippen LogP contribution is -2.31. The van der Waals surface area contributed by atoms with Crippen LogP contribution >= 0.6 is 0 Å². The molecule has 1 saturated heterocycles. The Balaban J connectivity index is 1.53. The Morgan fingerprint density at radius 3 is 2.64 bits per heavy atom. The van der Waals surface area contributed by atoms with E-state index in [-0.39, 0.29) is 24.4 Å². The first kappa shape index (κ1) is 19.7. The van der Waals surface area contributed by atoms with Gasteiger partial charge in [0.05, 0.1) is 23.1 Å². The summed E-state index contributed by atoms with van der Waals surface area (Å²) in [5, 5.41) is 5.29. The van der Waals surface area contributed by atoms with Crippen LogP contribution in [0, 0.1) is 11.6 Å². The summed E-state index contributed by atoms with van der Waals surface area (Å²) >= 11 is 0. The van der Waals surface area contributed by atoms with Crippen molar-refractivity contribution in [3.63, 3.8) is 0 Å². The number of piperidine rings is 1. The van der Waals surface area contributed by atoms with Crippen molar-refractivity contribution >= 4 is 23.2 Å². The second-order valence-electron chi connectivity index (χ2n) is 6.62. The molecule has 0 spiro atoms. The molecule has 1 aromatic carbocycles. The largest absolute Gasteiger partial charge is 0.370 e. The molecule has 1 aromatic heterocycles. The maximum absolute atomic E-state index is 13.6. The van der Waals surface area contributed by atoms with Crippen LogP contribution in [0.3, 0.4) is 0 Å². The van der Waals surface area contributed by atoms with Crippen LogP contribution in [-0.4, -0.2) is 36.4 Å². The first-order chi connectivity index (χ1) is 13.5. The maximum atomic E-state index is 13.6. The second kappa shape index (κ2) is 9.25. The number of nitrogens with one attached hydrogen (secondary N) is 2. The van der Waals surface area contributed by atoms with Crippen molar-refractivity contribution in [2.24, 2.45) is 0 Å². The summed E-state index contributed by atoms with van der Waals surface area (Å²) in [6, 6.07) is 4.60. The number of amides is 2. The van der Waals surface area contributed by atoms with Gasteiger partial charge in [0.2, 0.25) is 5.91 Å². The van der Waals surface area contributed by atoms with Gasteiger partial charge in [0.1, 0.15) is 11.6 Å². The predicted molar refractivity (Wildman–Crippen MR) is 102 cm³/mol. The lowest BCUT2D eigenvalue weighted by molar-refractivity contribution is -0.116. The van der Waals surface area contributed by atoms with Crippen LogP contribution in [0.4, 0.5) is 20.2 Å². The topological polar surface area (TPSA) is 74.3 Å². The number of hydrogen-bond donors (Lipinski definition) is 2. The van der Waals surface area contributed by atoms with Crippen molar-refractivity contribution < 1.29 is 18.4 Å². The molecule has 0 atom stereocenters. The predicted octanol–water partition coefficient (Wildman–Crippen LogP) is 3.11. The molecule has 1 aliphatic heterocycles. The Bertz CT molecular complexity index is 854. The quantitative estimate of drug-likeness (QED) is 0.798. The van der Waals surface area contributed by atoms with E-state index in [4.69, 9.17) is 0 Å². The molecule has 2 aromatic rings. The molecular formula is C20H22F2N4O2. The summed E-state index contributed by atoms with van der Waals surface area (Å²) in [5.74, 6) is -2.68. The molecule has 0 unspecified atom stereocenters. The van der Waals surface area contributed by atoms with Crippen molar-refractivity contribution in [2.75, 3.05) is 29.9 Å². The SMILES string of the molecule is O=C(CCNC(=O)c1ccc(F)cc1F)Nc1cnccc1N1CCCCC1. The minimum Gasteiger partial charge on any atom is -0.370 e. The standard InChI is InChI=1S/C20H22F2N4O2/c21-14-4-5-15(16(22)12-14)20(28)24-9-7-19(27)25-17-13-23-8-6-18(17)26-10-2-1-3-11-26/h4-6,8,12-13H,1-3,7,9-11H2,(H,24,28)(H,25,27). The molecule has 0 aliphatic carbocycles. The molecule has 2 heterocycles. The third-order valence-electron chi connectivity index (χ3n) is 4.58. The molecule has 148 valence electrons. The van der Waals surface area contributed by atoms with E-state index in [9.17, 15) is 18.4 Å². The van der Waals surface area contributed by atoms with E-state index >= 15 is 0 Å². The van der Waals surface area contributed by atoms with Gasteiger partial charge in [-0.1, -0.05) is 0 Å². The van der Waals surface area contributed by atoms with Crippen LogP contribution in [0.5, 0.6) is 0 Å². The Morgan fingerprint density at radius 2 is 1.89 bits per heavy atom. The normalized spacial score (nSPS) is 13.9. The first-order valence-electron chi connectivity index (χ1n) is 9.26. The molecule has 0 bridgehead atoms. The average Bonchev–Trinajstić information content (AvgIpc) is 2.69. The molecule has 0 radical (unpaired) electrons. The van der Waals surface area contributed by atoms with Crippen LogP contribution in [0.25, 0.3) is 0 Å². The summed E-state index contributed by atoms with van der Waals surface area (Å²) < 4.78 is 26.5. The zero-order valence-electron chi connectivity index (χ0n) is 15.4. The van der Waals surface area contributed by atoms with Gasteiger partial charge in [-0.3, -0.25) is 14.6 Å². The minimum absolute atomic E-state index is 0.0168. The van der Waals surface area contributed by atoms with Crippen molar-refractivity contribution in [1.29, 1.82) is 0 Å². The van der Waals surface area contributed by atoms with E-state index in [1.807, 2.05) is 6.07 Å². The molecule has 1 fully saturated rings. The van der Waals surface area contributed by atoms with Crippen LogP contribution in [0.15, 0.2) is 36.7 Å². The van der Waals surface area contributed by atoms with E-state index in [0.29, 0.717) is 11.8 Å². The fraction of sp³-hybridized carbons (Fsp3) is 0.350. The molecule has 6 nitrogen and oxygen atoms in total. The first-order valence-corrected chi connectivity index (χ1v) is 9.26. The average molecular weight is 388 g/mol. The third-order valence-corrected chi connectivity index (χ3v) is 4.58. The van der Waals surface area contributed by atoms with Gasteiger partial charge < -0.3 is 15.5 Å². The fourth-order valence-electron chi connectivity index (χ4n) is 3.17. The summed E-state index contributed by atoms with van der Waals surface area (Å²) in [6.45, 7) is 1.90. The van der Waals surface area contributed by atoms with Gasteiger partial charge in [0.15, 0.2) is 0 Å². The number of aromatic nitrogens is 1. The number of benzene rings is 1. The van der Waals surface area contributed by atoms with Crippen molar-refractivity contribution in [2.45, 2.75) is 25.7 Å². The Morgan fingerprint density at radius 1 is 1.11 bits per heavy atom. The van der Waals surface area contributed by atoms with E-state index in [1.54, 1.807) is 12.4 Å². The molecule has 3 rings (SSSR count). The lowest BCUT2D eigenvalue weighted by atomic mass is 10.1. The van der Waals surface area contributed by atoms with Gasteiger partial charge in [0, 0.05) is 38.3 Å². The smallest absolute Gasteiger partial charge is 0.254 e. The zero-order chi connectivity index (χ0) is 19.9. The highest BCUT2D eigenvalue weighted by atomic mass is 19.1. The number of carbonyl (C=O) groups is 2. The summed E-state index contributed by atoms with van der Waals surface area (Å²) in [5.41, 5.74) is 1.30. The summed E-state index contributed by atoms with van der Waals surface area (Å²) in [4.78, 5) is 30.5. The number of hydrogen-bond acceptors (Lipinski definition) is 4. The number of pyridine rings is 1. The highest BCUT2D eigenvalue weighted by Crippen LogP contribution is 2.27. The molecule has 0 saturated carbocycles. The number of anilines is 2. The molecule has 8 heteroatoms. The second-order valence-corrected chi connectivity index (χ2v) is 6.62. The molecule has 2 N–H and O–H groups in total. The number of rotatable bonds is 6. The minimum atomic E-state index is -0.941. The molecular weight excluding hydrogens is 366 g/mol. The zero-order valence-corrected chi connectivity index (χ0v) is 15.4. The van der Waals surface area contributed by atoms with Crippen LogP contribution in [0.2, 0.25) is 0 Å². The monoisotopic (exact) mass is 388 g/mol. The van der Waals surface area contributed by atoms with Gasteiger partial charge in [-0.25, -0.2) is 8.78 Å². The van der Waals surface area contributed by atoms with Crippen LogP contribution in [0.1, 0.15) is 36.0 Å². The van der Waals surface area contributed by atoms with Crippen molar-refractivity contribution in [3.8, 4) is 0 Å². The molecule has 2 amide bonds. The van der Waals surface area contributed by atoms with Gasteiger partial charge >= 0.3 is 0 Å².